The number of esters is 3. The summed E-state index contributed by atoms with van der Waals surface area (Å²) in [5.41, 5.74) is 22.5. The largest absolute Gasteiger partial charge is 0.465 e. The first-order chi connectivity index (χ1) is 24.8. The SMILES string of the molecule is CCC(COC(=O)CCNCc1ccc(CN)cc1)(COC(=O)CCNCc1ccc(CN)cc1)COC(=O)CCNCc1ccc(CN)cc1. The third-order valence-electron chi connectivity index (χ3n) is 8.65. The van der Waals surface area contributed by atoms with Crippen LogP contribution in [0.5, 0.6) is 0 Å². The van der Waals surface area contributed by atoms with Gasteiger partial charge in [-0.15, -0.1) is 0 Å². The van der Waals surface area contributed by atoms with E-state index in [-0.39, 0.29) is 39.1 Å². The van der Waals surface area contributed by atoms with Gasteiger partial charge in [0.2, 0.25) is 0 Å². The lowest BCUT2D eigenvalue weighted by Gasteiger charge is -2.31. The van der Waals surface area contributed by atoms with Crippen molar-refractivity contribution in [1.82, 2.24) is 16.0 Å². The Balaban J connectivity index is 1.46. The van der Waals surface area contributed by atoms with Crippen LogP contribution in [0, 0.1) is 5.41 Å². The number of hydrogen-bond donors (Lipinski definition) is 6. The molecule has 278 valence electrons. The Kier molecular flexibility index (Phi) is 18.9. The van der Waals surface area contributed by atoms with E-state index in [0.717, 1.165) is 33.4 Å². The molecule has 12 nitrogen and oxygen atoms in total. The normalized spacial score (nSPS) is 11.3. The molecule has 9 N–H and O–H groups in total. The highest BCUT2D eigenvalue weighted by Gasteiger charge is 2.34. The molecule has 0 saturated carbocycles. The smallest absolute Gasteiger partial charge is 0.307 e. The minimum absolute atomic E-state index is 0.0580. The number of rotatable bonds is 25. The zero-order chi connectivity index (χ0) is 36.7. The second-order valence-corrected chi connectivity index (χ2v) is 12.7. The average molecular weight is 705 g/mol. The molecule has 3 rings (SSSR count). The van der Waals surface area contributed by atoms with Gasteiger partial charge in [-0.1, -0.05) is 79.7 Å². The van der Waals surface area contributed by atoms with Gasteiger partial charge in [-0.05, 0) is 39.8 Å². The van der Waals surface area contributed by atoms with Gasteiger partial charge >= 0.3 is 17.9 Å². The van der Waals surface area contributed by atoms with E-state index in [1.54, 1.807) is 0 Å². The summed E-state index contributed by atoms with van der Waals surface area (Å²) >= 11 is 0. The van der Waals surface area contributed by atoms with Gasteiger partial charge < -0.3 is 47.4 Å². The van der Waals surface area contributed by atoms with E-state index < -0.39 is 23.3 Å². The van der Waals surface area contributed by atoms with Gasteiger partial charge in [0, 0.05) is 58.9 Å². The number of benzene rings is 3. The summed E-state index contributed by atoms with van der Waals surface area (Å²) in [5, 5.41) is 9.74. The molecule has 0 heterocycles. The van der Waals surface area contributed by atoms with E-state index in [0.29, 0.717) is 65.3 Å². The van der Waals surface area contributed by atoms with Gasteiger partial charge in [-0.25, -0.2) is 0 Å². The molecule has 0 amide bonds. The Morgan fingerprint density at radius 2 is 0.745 bits per heavy atom. The van der Waals surface area contributed by atoms with Gasteiger partial charge in [-0.2, -0.15) is 0 Å². The van der Waals surface area contributed by atoms with Crippen molar-refractivity contribution in [2.24, 2.45) is 22.6 Å². The van der Waals surface area contributed by atoms with Crippen LogP contribution in [0.15, 0.2) is 72.8 Å². The van der Waals surface area contributed by atoms with Gasteiger partial charge in [0.05, 0.1) is 24.7 Å². The lowest BCUT2D eigenvalue weighted by molar-refractivity contribution is -0.162. The maximum Gasteiger partial charge on any atom is 0.307 e. The predicted octanol–water partition coefficient (Wildman–Crippen LogP) is 2.93. The van der Waals surface area contributed by atoms with E-state index in [9.17, 15) is 14.4 Å². The molecule has 0 atom stereocenters. The highest BCUT2D eigenvalue weighted by atomic mass is 16.6. The van der Waals surface area contributed by atoms with Crippen molar-refractivity contribution in [3.05, 3.63) is 106 Å². The molecule has 0 aromatic heterocycles. The monoisotopic (exact) mass is 704 g/mol. The molecule has 51 heavy (non-hydrogen) atoms. The van der Waals surface area contributed by atoms with Crippen LogP contribution in [0.2, 0.25) is 0 Å². The number of carbonyl (C=O) groups is 3. The predicted molar refractivity (Wildman–Crippen MR) is 198 cm³/mol. The minimum atomic E-state index is -0.893. The Morgan fingerprint density at radius 1 is 0.490 bits per heavy atom. The third-order valence-corrected chi connectivity index (χ3v) is 8.65. The number of nitrogens with one attached hydrogen (secondary N) is 3. The van der Waals surface area contributed by atoms with Crippen molar-refractivity contribution in [1.29, 1.82) is 0 Å². The molecule has 0 spiro atoms. The summed E-state index contributed by atoms with van der Waals surface area (Å²) in [6.45, 7) is 6.27. The van der Waals surface area contributed by atoms with E-state index in [1.165, 1.54) is 0 Å². The van der Waals surface area contributed by atoms with Gasteiger partial charge in [0.15, 0.2) is 0 Å². The first kappa shape index (κ1) is 41.3. The molecule has 3 aromatic carbocycles. The number of ether oxygens (including phenoxy) is 3. The topological polar surface area (TPSA) is 193 Å². The number of carbonyl (C=O) groups excluding carboxylic acids is 3. The van der Waals surface area contributed by atoms with Crippen LogP contribution in [-0.4, -0.2) is 57.4 Å². The third kappa shape index (κ3) is 16.2. The summed E-state index contributed by atoms with van der Waals surface area (Å²) in [4.78, 5) is 38.1. The highest BCUT2D eigenvalue weighted by Crippen LogP contribution is 2.25. The van der Waals surface area contributed by atoms with Crippen molar-refractivity contribution in [3.63, 3.8) is 0 Å². The van der Waals surface area contributed by atoms with Crippen LogP contribution in [0.25, 0.3) is 0 Å². The Labute approximate surface area is 302 Å². The van der Waals surface area contributed by atoms with Crippen LogP contribution in [-0.2, 0) is 67.9 Å². The molecule has 0 fully saturated rings. The van der Waals surface area contributed by atoms with Crippen LogP contribution < -0.4 is 33.2 Å². The first-order valence-corrected chi connectivity index (χ1v) is 17.7. The van der Waals surface area contributed by atoms with Crippen molar-refractivity contribution >= 4 is 17.9 Å². The zero-order valence-electron chi connectivity index (χ0n) is 29.9. The maximum atomic E-state index is 12.7. The van der Waals surface area contributed by atoms with Crippen LogP contribution in [0.4, 0.5) is 0 Å². The maximum absolute atomic E-state index is 12.7. The molecule has 0 unspecified atom stereocenters. The molecule has 0 bridgehead atoms. The Hall–Kier alpha value is -4.17. The molecular weight excluding hydrogens is 648 g/mol. The quantitative estimate of drug-likeness (QED) is 0.0430. The molecule has 0 aliphatic carbocycles. The van der Waals surface area contributed by atoms with Gasteiger partial charge in [0.25, 0.3) is 0 Å². The average Bonchev–Trinajstić information content (AvgIpc) is 3.17. The fourth-order valence-corrected chi connectivity index (χ4v) is 5.00. The standard InChI is InChI=1S/C39H56N6O6/c1-2-39(27-49-36(46)15-18-43-24-33-9-3-30(21-40)4-10-33,28-50-37(47)16-19-44-25-34-11-5-31(22-41)6-12-34)29-51-38(48)17-20-45-26-35-13-7-32(23-42)8-14-35/h3-14,43-45H,2,15-29,40-42H2,1H3. The van der Waals surface area contributed by atoms with E-state index in [1.807, 2.05) is 79.7 Å². The van der Waals surface area contributed by atoms with E-state index in [4.69, 9.17) is 31.4 Å². The van der Waals surface area contributed by atoms with Crippen molar-refractivity contribution < 1.29 is 28.6 Å². The summed E-state index contributed by atoms with van der Waals surface area (Å²) < 4.78 is 17.0. The molecule has 3 aromatic rings. The zero-order valence-corrected chi connectivity index (χ0v) is 29.9. The van der Waals surface area contributed by atoms with Crippen LogP contribution in [0.3, 0.4) is 0 Å². The number of nitrogens with two attached hydrogens (primary N) is 3. The first-order valence-electron chi connectivity index (χ1n) is 17.7. The fourth-order valence-electron chi connectivity index (χ4n) is 5.00. The lowest BCUT2D eigenvalue weighted by atomic mass is 9.88. The molecule has 0 aliphatic rings. The molecule has 0 radical (unpaired) electrons. The van der Waals surface area contributed by atoms with Crippen LogP contribution in [0.1, 0.15) is 66.0 Å². The van der Waals surface area contributed by atoms with E-state index >= 15 is 0 Å². The second-order valence-electron chi connectivity index (χ2n) is 12.7. The summed E-state index contributed by atoms with van der Waals surface area (Å²) in [5.74, 6) is -1.20. The van der Waals surface area contributed by atoms with Gasteiger partial charge in [0.1, 0.15) is 19.8 Å². The fraction of sp³-hybridized carbons (Fsp3) is 0.462. The number of hydrogen-bond acceptors (Lipinski definition) is 12. The Morgan fingerprint density at radius 3 is 0.980 bits per heavy atom. The highest BCUT2D eigenvalue weighted by molar-refractivity contribution is 5.70. The lowest BCUT2D eigenvalue weighted by Crippen LogP contribution is -2.39. The Bertz CT molecular complexity index is 1280. The summed E-state index contributed by atoms with van der Waals surface area (Å²) in [6.07, 6.45) is 0.913. The second kappa shape index (κ2) is 23.3. The van der Waals surface area contributed by atoms with Crippen LogP contribution >= 0.6 is 0 Å². The molecule has 12 heteroatoms. The van der Waals surface area contributed by atoms with Crippen molar-refractivity contribution in [2.75, 3.05) is 39.5 Å². The molecule has 0 saturated heterocycles. The minimum Gasteiger partial charge on any atom is -0.465 e. The van der Waals surface area contributed by atoms with Crippen molar-refractivity contribution in [2.45, 2.75) is 71.9 Å². The molecule has 0 aliphatic heterocycles. The van der Waals surface area contributed by atoms with E-state index in [2.05, 4.69) is 16.0 Å². The van der Waals surface area contributed by atoms with Crippen molar-refractivity contribution in [3.8, 4) is 0 Å². The van der Waals surface area contributed by atoms with Gasteiger partial charge in [-0.3, -0.25) is 14.4 Å². The molecular formula is C39H56N6O6. The summed E-state index contributed by atoms with van der Waals surface area (Å²) in [6, 6.07) is 23.9. The summed E-state index contributed by atoms with van der Waals surface area (Å²) in [7, 11) is 0.